The van der Waals surface area contributed by atoms with Gasteiger partial charge in [0.15, 0.2) is 6.04 Å². The Labute approximate surface area is 124 Å². The summed E-state index contributed by atoms with van der Waals surface area (Å²) >= 11 is 0. The lowest BCUT2D eigenvalue weighted by Gasteiger charge is -2.33. The van der Waals surface area contributed by atoms with Crippen LogP contribution in [0.3, 0.4) is 0 Å². The number of aryl methyl sites for hydroxylation is 1. The molecule has 116 valence electrons. The zero-order valence-electron chi connectivity index (χ0n) is 11.9. The molecule has 0 saturated heterocycles. The SMILES string of the molecule is Cc1c([C@@H]2C[C@H](C(F)(F)F)n3ncc(C#N)c3N2)cnn1C. The minimum atomic E-state index is -4.44. The second-order valence-electron chi connectivity index (χ2n) is 5.26. The number of alkyl halides is 3. The van der Waals surface area contributed by atoms with Crippen molar-refractivity contribution >= 4 is 5.82 Å². The average Bonchev–Trinajstić information content (AvgIpc) is 3.01. The smallest absolute Gasteiger partial charge is 0.362 e. The zero-order chi connectivity index (χ0) is 16.1. The van der Waals surface area contributed by atoms with E-state index < -0.39 is 18.3 Å². The van der Waals surface area contributed by atoms with Gasteiger partial charge in [-0.05, 0) is 6.92 Å². The van der Waals surface area contributed by atoms with Crippen molar-refractivity contribution in [3.8, 4) is 6.07 Å². The molecule has 1 aliphatic rings. The molecule has 0 amide bonds. The summed E-state index contributed by atoms with van der Waals surface area (Å²) in [5, 5.41) is 19.8. The van der Waals surface area contributed by atoms with Crippen LogP contribution in [-0.2, 0) is 7.05 Å². The first kappa shape index (κ1) is 14.4. The van der Waals surface area contributed by atoms with E-state index in [-0.39, 0.29) is 17.8 Å². The highest BCUT2D eigenvalue weighted by Gasteiger charge is 2.47. The average molecular weight is 310 g/mol. The van der Waals surface area contributed by atoms with Gasteiger partial charge in [-0.15, -0.1) is 0 Å². The van der Waals surface area contributed by atoms with E-state index in [2.05, 4.69) is 15.5 Å². The normalized spacial score (nSPS) is 21.1. The van der Waals surface area contributed by atoms with Crippen molar-refractivity contribution < 1.29 is 13.2 Å². The van der Waals surface area contributed by atoms with Gasteiger partial charge in [0.1, 0.15) is 17.5 Å². The first-order valence-electron chi connectivity index (χ1n) is 6.62. The van der Waals surface area contributed by atoms with E-state index in [1.54, 1.807) is 24.9 Å². The van der Waals surface area contributed by atoms with E-state index in [9.17, 15) is 13.2 Å². The minimum absolute atomic E-state index is 0.0977. The highest BCUT2D eigenvalue weighted by molar-refractivity contribution is 5.54. The first-order valence-corrected chi connectivity index (χ1v) is 6.62. The van der Waals surface area contributed by atoms with Crippen LogP contribution >= 0.6 is 0 Å². The summed E-state index contributed by atoms with van der Waals surface area (Å²) in [6.45, 7) is 1.80. The maximum Gasteiger partial charge on any atom is 0.410 e. The third-order valence-corrected chi connectivity index (χ3v) is 4.01. The topological polar surface area (TPSA) is 71.5 Å². The molecule has 0 fully saturated rings. The number of fused-ring (bicyclic) bond motifs is 1. The van der Waals surface area contributed by atoms with Crippen LogP contribution in [0.15, 0.2) is 12.4 Å². The van der Waals surface area contributed by atoms with Crippen molar-refractivity contribution in [2.24, 2.45) is 7.05 Å². The van der Waals surface area contributed by atoms with Crippen LogP contribution < -0.4 is 5.32 Å². The van der Waals surface area contributed by atoms with Gasteiger partial charge in [-0.25, -0.2) is 4.68 Å². The molecule has 3 rings (SSSR count). The molecule has 9 heteroatoms. The van der Waals surface area contributed by atoms with Crippen LogP contribution in [0.25, 0.3) is 0 Å². The van der Waals surface area contributed by atoms with E-state index in [0.29, 0.717) is 5.56 Å². The van der Waals surface area contributed by atoms with Crippen LogP contribution in [0.1, 0.15) is 35.3 Å². The van der Waals surface area contributed by atoms with Crippen molar-refractivity contribution in [3.63, 3.8) is 0 Å². The summed E-state index contributed by atoms with van der Waals surface area (Å²) in [5.41, 5.74) is 1.57. The standard InChI is InChI=1S/C13H13F3N6/c1-7-9(6-18-21(7)2)10-3-11(13(14,15)16)22-12(20-10)8(4-17)5-19-22/h5-6,10-11,20H,3H2,1-2H3/t10-,11+/m0/s1. The van der Waals surface area contributed by atoms with Crippen molar-refractivity contribution in [1.29, 1.82) is 5.26 Å². The lowest BCUT2D eigenvalue weighted by atomic mass is 9.97. The lowest BCUT2D eigenvalue weighted by Crippen LogP contribution is -2.36. The fourth-order valence-electron chi connectivity index (χ4n) is 2.71. The molecular weight excluding hydrogens is 297 g/mol. The summed E-state index contributed by atoms with van der Waals surface area (Å²) in [6, 6.07) is -0.476. The largest absolute Gasteiger partial charge is 0.410 e. The molecule has 2 aromatic heterocycles. The predicted molar refractivity (Wildman–Crippen MR) is 71.0 cm³/mol. The number of anilines is 1. The van der Waals surface area contributed by atoms with E-state index in [0.717, 1.165) is 16.6 Å². The molecule has 0 unspecified atom stereocenters. The van der Waals surface area contributed by atoms with E-state index in [1.165, 1.54) is 0 Å². The molecule has 0 bridgehead atoms. The van der Waals surface area contributed by atoms with Gasteiger partial charge in [0, 0.05) is 24.7 Å². The minimum Gasteiger partial charge on any atom is -0.362 e. The van der Waals surface area contributed by atoms with Gasteiger partial charge in [0.25, 0.3) is 0 Å². The maximum atomic E-state index is 13.3. The van der Waals surface area contributed by atoms with Crippen molar-refractivity contribution in [2.45, 2.75) is 31.6 Å². The van der Waals surface area contributed by atoms with Crippen LogP contribution in [0, 0.1) is 18.3 Å². The van der Waals surface area contributed by atoms with Crippen LogP contribution in [0.5, 0.6) is 0 Å². The van der Waals surface area contributed by atoms with Gasteiger partial charge < -0.3 is 5.32 Å². The molecule has 0 spiro atoms. The maximum absolute atomic E-state index is 13.3. The fraction of sp³-hybridized carbons (Fsp3) is 0.462. The summed E-state index contributed by atoms with van der Waals surface area (Å²) in [7, 11) is 1.73. The fourth-order valence-corrected chi connectivity index (χ4v) is 2.71. The van der Waals surface area contributed by atoms with Crippen molar-refractivity contribution in [3.05, 3.63) is 29.2 Å². The van der Waals surface area contributed by atoms with Gasteiger partial charge in [0.05, 0.1) is 18.4 Å². The molecule has 2 atom stereocenters. The Morgan fingerprint density at radius 3 is 2.64 bits per heavy atom. The lowest BCUT2D eigenvalue weighted by molar-refractivity contribution is -0.173. The van der Waals surface area contributed by atoms with Gasteiger partial charge in [0.2, 0.25) is 0 Å². The molecule has 1 N–H and O–H groups in total. The summed E-state index contributed by atoms with van der Waals surface area (Å²) in [6.07, 6.45) is -1.93. The number of nitrogens with zero attached hydrogens (tertiary/aromatic N) is 5. The number of nitrogens with one attached hydrogen (secondary N) is 1. The predicted octanol–water partition coefficient (Wildman–Crippen LogP) is 2.46. The van der Waals surface area contributed by atoms with Gasteiger partial charge in [-0.1, -0.05) is 0 Å². The molecule has 0 radical (unpaired) electrons. The third kappa shape index (κ3) is 2.11. The Kier molecular flexibility index (Phi) is 3.12. The highest BCUT2D eigenvalue weighted by Crippen LogP contribution is 2.44. The van der Waals surface area contributed by atoms with Crippen molar-refractivity contribution in [2.75, 3.05) is 5.32 Å². The molecule has 1 aliphatic heterocycles. The number of aromatic nitrogens is 4. The molecular formula is C13H13F3N6. The highest BCUT2D eigenvalue weighted by atomic mass is 19.4. The molecule has 22 heavy (non-hydrogen) atoms. The Balaban J connectivity index is 2.08. The van der Waals surface area contributed by atoms with Gasteiger partial charge in [-0.3, -0.25) is 4.68 Å². The summed E-state index contributed by atoms with van der Waals surface area (Å²) in [5.74, 6) is 0.101. The van der Waals surface area contributed by atoms with E-state index in [4.69, 9.17) is 5.26 Å². The quantitative estimate of drug-likeness (QED) is 0.878. The van der Waals surface area contributed by atoms with Crippen molar-refractivity contribution in [1.82, 2.24) is 19.6 Å². The number of hydrogen-bond acceptors (Lipinski definition) is 4. The molecule has 3 heterocycles. The summed E-state index contributed by atoms with van der Waals surface area (Å²) in [4.78, 5) is 0. The van der Waals surface area contributed by atoms with Gasteiger partial charge in [-0.2, -0.15) is 28.6 Å². The number of nitriles is 1. The van der Waals surface area contributed by atoms with E-state index in [1.807, 2.05) is 6.07 Å². The third-order valence-electron chi connectivity index (χ3n) is 4.01. The second-order valence-corrected chi connectivity index (χ2v) is 5.26. The second kappa shape index (κ2) is 4.76. The molecule has 0 saturated carbocycles. The Bertz CT molecular complexity index is 751. The monoisotopic (exact) mass is 310 g/mol. The molecule has 0 aromatic carbocycles. The Hall–Kier alpha value is -2.50. The molecule has 2 aromatic rings. The number of rotatable bonds is 1. The van der Waals surface area contributed by atoms with Crippen LogP contribution in [0.2, 0.25) is 0 Å². The summed E-state index contributed by atoms with van der Waals surface area (Å²) < 4.78 is 42.5. The molecule has 0 aliphatic carbocycles. The van der Waals surface area contributed by atoms with Crippen LogP contribution in [-0.4, -0.2) is 25.7 Å². The van der Waals surface area contributed by atoms with E-state index >= 15 is 0 Å². The van der Waals surface area contributed by atoms with Gasteiger partial charge >= 0.3 is 6.18 Å². The first-order chi connectivity index (χ1) is 10.3. The zero-order valence-corrected chi connectivity index (χ0v) is 11.9. The number of hydrogen-bond donors (Lipinski definition) is 1. The Morgan fingerprint density at radius 2 is 2.09 bits per heavy atom. The number of halogens is 3. The Morgan fingerprint density at radius 1 is 1.36 bits per heavy atom. The molecule has 6 nitrogen and oxygen atoms in total. The van der Waals surface area contributed by atoms with Crippen LogP contribution in [0.4, 0.5) is 19.0 Å².